The summed E-state index contributed by atoms with van der Waals surface area (Å²) in [5.74, 6) is -1.91. The van der Waals surface area contributed by atoms with E-state index in [9.17, 15) is 27.2 Å². The minimum absolute atomic E-state index is 0.00224. The Morgan fingerprint density at radius 3 is 2.09 bits per heavy atom. The predicted molar refractivity (Wildman–Crippen MR) is 66.9 cm³/mol. The van der Waals surface area contributed by atoms with Crippen molar-refractivity contribution in [3.05, 3.63) is 35.1 Å². The van der Waals surface area contributed by atoms with Crippen molar-refractivity contribution in [3.8, 4) is 0 Å². The Morgan fingerprint density at radius 2 is 1.59 bits per heavy atom. The van der Waals surface area contributed by atoms with Gasteiger partial charge in [0.2, 0.25) is 0 Å². The van der Waals surface area contributed by atoms with Gasteiger partial charge in [-0.3, -0.25) is 4.79 Å². The van der Waals surface area contributed by atoms with E-state index < -0.39 is 35.1 Å². The summed E-state index contributed by atoms with van der Waals surface area (Å²) in [4.78, 5) is 25.1. The summed E-state index contributed by atoms with van der Waals surface area (Å²) in [5.41, 5.74) is -1.98. The second-order valence-corrected chi connectivity index (χ2v) is 4.75. The molecule has 0 spiro atoms. The van der Waals surface area contributed by atoms with Crippen molar-refractivity contribution in [2.24, 2.45) is 0 Å². The van der Waals surface area contributed by atoms with Crippen LogP contribution in [0.25, 0.3) is 0 Å². The highest BCUT2D eigenvalue weighted by molar-refractivity contribution is 5.96. The van der Waals surface area contributed by atoms with E-state index in [0.29, 0.717) is 18.2 Å². The van der Waals surface area contributed by atoms with Crippen LogP contribution in [0.4, 0.5) is 22.4 Å². The van der Waals surface area contributed by atoms with E-state index in [1.54, 1.807) is 0 Å². The van der Waals surface area contributed by atoms with E-state index in [2.05, 4.69) is 0 Å². The van der Waals surface area contributed by atoms with Gasteiger partial charge in [0.15, 0.2) is 0 Å². The number of rotatable bonds is 1. The van der Waals surface area contributed by atoms with Crippen LogP contribution >= 0.6 is 0 Å². The minimum atomic E-state index is -4.78. The van der Waals surface area contributed by atoms with Crippen molar-refractivity contribution < 1.29 is 32.3 Å². The van der Waals surface area contributed by atoms with Gasteiger partial charge in [0.1, 0.15) is 5.82 Å². The highest BCUT2D eigenvalue weighted by Crippen LogP contribution is 2.33. The van der Waals surface area contributed by atoms with Gasteiger partial charge in [0, 0.05) is 26.2 Å². The molecule has 1 fully saturated rings. The molecule has 0 aliphatic carbocycles. The van der Waals surface area contributed by atoms with Crippen molar-refractivity contribution >= 4 is 12.0 Å². The zero-order valence-corrected chi connectivity index (χ0v) is 11.2. The van der Waals surface area contributed by atoms with Crippen LogP contribution in [0.2, 0.25) is 0 Å². The monoisotopic (exact) mass is 320 g/mol. The Hall–Kier alpha value is -2.32. The number of hydrogen-bond donors (Lipinski definition) is 1. The van der Waals surface area contributed by atoms with Crippen LogP contribution in [0.3, 0.4) is 0 Å². The predicted octanol–water partition coefficient (Wildman–Crippen LogP) is 2.28. The first-order valence-corrected chi connectivity index (χ1v) is 6.34. The van der Waals surface area contributed by atoms with Gasteiger partial charge in [-0.25, -0.2) is 9.18 Å². The molecule has 0 bridgehead atoms. The van der Waals surface area contributed by atoms with Gasteiger partial charge in [0.05, 0.1) is 11.1 Å². The molecule has 2 rings (SSSR count). The summed E-state index contributed by atoms with van der Waals surface area (Å²) in [5, 5.41) is 8.79. The molecule has 0 radical (unpaired) electrons. The van der Waals surface area contributed by atoms with Crippen LogP contribution in [0.5, 0.6) is 0 Å². The lowest BCUT2D eigenvalue weighted by molar-refractivity contribution is -0.138. The number of alkyl halides is 3. The minimum Gasteiger partial charge on any atom is -0.465 e. The maximum atomic E-state index is 13.2. The molecule has 2 amide bonds. The van der Waals surface area contributed by atoms with Gasteiger partial charge in [-0.15, -0.1) is 0 Å². The highest BCUT2D eigenvalue weighted by atomic mass is 19.4. The first-order chi connectivity index (χ1) is 10.2. The first-order valence-electron chi connectivity index (χ1n) is 6.34. The fourth-order valence-electron chi connectivity index (χ4n) is 2.21. The number of piperazine rings is 1. The number of carbonyl (C=O) groups is 2. The van der Waals surface area contributed by atoms with Crippen LogP contribution in [-0.4, -0.2) is 53.1 Å². The lowest BCUT2D eigenvalue weighted by Gasteiger charge is -2.33. The van der Waals surface area contributed by atoms with Crippen LogP contribution < -0.4 is 0 Å². The molecule has 5 nitrogen and oxygen atoms in total. The highest BCUT2D eigenvalue weighted by Gasteiger charge is 2.37. The summed E-state index contributed by atoms with van der Waals surface area (Å²) in [6.45, 7) is -0.0899. The molecule has 1 aliphatic rings. The van der Waals surface area contributed by atoms with Crippen molar-refractivity contribution in [2.75, 3.05) is 26.2 Å². The average Bonchev–Trinajstić information content (AvgIpc) is 2.45. The standard InChI is InChI=1S/C13H12F4N2O3/c14-8-1-2-10(13(15,16)17)9(7-8)11(20)18-3-5-19(6-4-18)12(21)22/h1-2,7H,3-6H2,(H,21,22). The molecule has 1 N–H and O–H groups in total. The first kappa shape index (κ1) is 16.1. The molecule has 120 valence electrons. The number of carboxylic acid groups (broad SMARTS) is 1. The fraction of sp³-hybridized carbons (Fsp3) is 0.385. The molecule has 1 aromatic carbocycles. The largest absolute Gasteiger partial charge is 0.465 e. The number of hydrogen-bond acceptors (Lipinski definition) is 2. The summed E-state index contributed by atoms with van der Waals surface area (Å²) in [7, 11) is 0. The molecule has 0 saturated carbocycles. The normalized spacial score (nSPS) is 15.8. The maximum absolute atomic E-state index is 13.2. The molecule has 1 aromatic rings. The summed E-state index contributed by atoms with van der Waals surface area (Å²) in [6.07, 6.45) is -5.93. The van der Waals surface area contributed by atoms with E-state index in [1.807, 2.05) is 0 Å². The van der Waals surface area contributed by atoms with Crippen LogP contribution in [0.15, 0.2) is 18.2 Å². The van der Waals surface area contributed by atoms with Crippen molar-refractivity contribution in [3.63, 3.8) is 0 Å². The van der Waals surface area contributed by atoms with E-state index in [4.69, 9.17) is 5.11 Å². The number of nitrogens with zero attached hydrogens (tertiary/aromatic N) is 2. The topological polar surface area (TPSA) is 60.9 Å². The third-order valence-electron chi connectivity index (χ3n) is 3.35. The van der Waals surface area contributed by atoms with Gasteiger partial charge >= 0.3 is 12.3 Å². The molecule has 9 heteroatoms. The van der Waals surface area contributed by atoms with Crippen LogP contribution in [-0.2, 0) is 6.18 Å². The third-order valence-corrected chi connectivity index (χ3v) is 3.35. The number of amides is 2. The van der Waals surface area contributed by atoms with E-state index >= 15 is 0 Å². The van der Waals surface area contributed by atoms with Crippen molar-refractivity contribution in [1.29, 1.82) is 0 Å². The lowest BCUT2D eigenvalue weighted by atomic mass is 10.0. The molecule has 1 heterocycles. The number of benzene rings is 1. The fourth-order valence-corrected chi connectivity index (χ4v) is 2.21. The Balaban J connectivity index is 2.23. The second kappa shape index (κ2) is 5.82. The van der Waals surface area contributed by atoms with E-state index in [1.165, 1.54) is 0 Å². The van der Waals surface area contributed by atoms with Crippen LogP contribution in [0.1, 0.15) is 15.9 Å². The van der Waals surface area contributed by atoms with Crippen molar-refractivity contribution in [1.82, 2.24) is 9.80 Å². The number of halogens is 4. The summed E-state index contributed by atoms with van der Waals surface area (Å²) < 4.78 is 51.9. The zero-order chi connectivity index (χ0) is 16.5. The second-order valence-electron chi connectivity index (χ2n) is 4.75. The van der Waals surface area contributed by atoms with Crippen molar-refractivity contribution in [2.45, 2.75) is 6.18 Å². The van der Waals surface area contributed by atoms with Gasteiger partial charge in [-0.05, 0) is 18.2 Å². The molecule has 22 heavy (non-hydrogen) atoms. The Labute approximate surface area is 122 Å². The molecular formula is C13H12F4N2O3. The van der Waals surface area contributed by atoms with Gasteiger partial charge in [0.25, 0.3) is 5.91 Å². The van der Waals surface area contributed by atoms with Crippen LogP contribution in [0, 0.1) is 5.82 Å². The van der Waals surface area contributed by atoms with Gasteiger partial charge in [-0.1, -0.05) is 0 Å². The Kier molecular flexibility index (Phi) is 4.25. The Bertz CT molecular complexity index is 595. The molecule has 1 aliphatic heterocycles. The molecule has 0 aromatic heterocycles. The molecular weight excluding hydrogens is 308 g/mol. The van der Waals surface area contributed by atoms with Gasteiger partial charge < -0.3 is 14.9 Å². The average molecular weight is 320 g/mol. The maximum Gasteiger partial charge on any atom is 0.417 e. The smallest absolute Gasteiger partial charge is 0.417 e. The van der Waals surface area contributed by atoms with Gasteiger partial charge in [-0.2, -0.15) is 13.2 Å². The van der Waals surface area contributed by atoms with E-state index in [-0.39, 0.29) is 26.2 Å². The molecule has 1 saturated heterocycles. The molecule has 0 atom stereocenters. The third kappa shape index (κ3) is 3.29. The quantitative estimate of drug-likeness (QED) is 0.808. The van der Waals surface area contributed by atoms with E-state index in [0.717, 1.165) is 9.80 Å². The molecule has 0 unspecified atom stereocenters. The summed E-state index contributed by atoms with van der Waals surface area (Å²) in [6, 6.07) is 1.72. The Morgan fingerprint density at radius 1 is 1.05 bits per heavy atom. The zero-order valence-electron chi connectivity index (χ0n) is 11.2. The summed E-state index contributed by atoms with van der Waals surface area (Å²) >= 11 is 0. The lowest BCUT2D eigenvalue weighted by Crippen LogP contribution is -2.50. The SMILES string of the molecule is O=C(O)N1CCN(C(=O)c2cc(F)ccc2C(F)(F)F)CC1. The number of carbonyl (C=O) groups excluding carboxylic acids is 1.